The highest BCUT2D eigenvalue weighted by Gasteiger charge is 2.02. The summed E-state index contributed by atoms with van der Waals surface area (Å²) in [6.45, 7) is 2.70. The highest BCUT2D eigenvalue weighted by Crippen LogP contribution is 2.05. The summed E-state index contributed by atoms with van der Waals surface area (Å²) in [7, 11) is 0. The van der Waals surface area contributed by atoms with Crippen molar-refractivity contribution < 1.29 is 0 Å². The molecule has 0 aliphatic heterocycles. The van der Waals surface area contributed by atoms with Gasteiger partial charge in [-0.05, 0) is 12.0 Å². The van der Waals surface area contributed by atoms with Crippen LogP contribution in [0.4, 0.5) is 0 Å². The molecule has 0 aliphatic carbocycles. The second kappa shape index (κ2) is 6.78. The molecule has 1 aromatic rings. The predicted molar refractivity (Wildman–Crippen MR) is 62.9 cm³/mol. The van der Waals surface area contributed by atoms with E-state index in [-0.39, 0.29) is 5.92 Å². The quantitative estimate of drug-likeness (QED) is 0.673. The van der Waals surface area contributed by atoms with Crippen molar-refractivity contribution in [2.75, 3.05) is 6.54 Å². The molecule has 1 aromatic carbocycles. The first-order valence-corrected chi connectivity index (χ1v) is 5.31. The Hall–Kier alpha value is -1.62. The zero-order valence-electron chi connectivity index (χ0n) is 9.06. The van der Waals surface area contributed by atoms with E-state index in [1.807, 2.05) is 36.5 Å². The molecule has 1 unspecified atom stereocenters. The van der Waals surface area contributed by atoms with Gasteiger partial charge in [-0.3, -0.25) is 4.99 Å². The lowest BCUT2D eigenvalue weighted by molar-refractivity contribution is 0.605. The van der Waals surface area contributed by atoms with Crippen molar-refractivity contribution in [1.82, 2.24) is 0 Å². The van der Waals surface area contributed by atoms with Crippen molar-refractivity contribution >= 4 is 6.21 Å². The van der Waals surface area contributed by atoms with E-state index in [2.05, 4.69) is 18.0 Å². The van der Waals surface area contributed by atoms with Gasteiger partial charge in [0.05, 0.1) is 18.5 Å². The maximum atomic E-state index is 8.83. The third kappa shape index (κ3) is 4.42. The molecule has 0 bridgehead atoms. The van der Waals surface area contributed by atoms with E-state index in [1.165, 1.54) is 0 Å². The minimum atomic E-state index is 0.0648. The molecule has 2 heteroatoms. The lowest BCUT2D eigenvalue weighted by Gasteiger charge is -2.01. The Labute approximate surface area is 91.3 Å². The van der Waals surface area contributed by atoms with Gasteiger partial charge in [0.25, 0.3) is 0 Å². The van der Waals surface area contributed by atoms with E-state index < -0.39 is 0 Å². The van der Waals surface area contributed by atoms with Gasteiger partial charge in [0.1, 0.15) is 0 Å². The van der Waals surface area contributed by atoms with E-state index in [1.54, 1.807) is 0 Å². The minimum absolute atomic E-state index is 0.0648. The van der Waals surface area contributed by atoms with Crippen molar-refractivity contribution in [2.24, 2.45) is 10.9 Å². The van der Waals surface area contributed by atoms with Gasteiger partial charge in [-0.25, -0.2) is 0 Å². The monoisotopic (exact) mass is 200 g/mol. The number of nitrogens with zero attached hydrogens (tertiary/aromatic N) is 2. The fourth-order valence-electron chi connectivity index (χ4n) is 1.37. The van der Waals surface area contributed by atoms with Gasteiger partial charge in [-0.2, -0.15) is 5.26 Å². The number of rotatable bonds is 5. The van der Waals surface area contributed by atoms with Gasteiger partial charge in [0.2, 0.25) is 0 Å². The molecule has 0 aromatic heterocycles. The van der Waals surface area contributed by atoms with E-state index in [9.17, 15) is 0 Å². The SMILES string of the molecule is CCCC(C#N)C/N=C/c1ccccc1. The van der Waals surface area contributed by atoms with Gasteiger partial charge in [-0.15, -0.1) is 0 Å². The van der Waals surface area contributed by atoms with Crippen LogP contribution in [0.25, 0.3) is 0 Å². The van der Waals surface area contributed by atoms with Gasteiger partial charge in [0.15, 0.2) is 0 Å². The molecule has 0 spiro atoms. The summed E-state index contributed by atoms with van der Waals surface area (Å²) in [4.78, 5) is 4.28. The van der Waals surface area contributed by atoms with Crippen LogP contribution in [0, 0.1) is 17.2 Å². The van der Waals surface area contributed by atoms with Crippen LogP contribution >= 0.6 is 0 Å². The van der Waals surface area contributed by atoms with Crippen LogP contribution < -0.4 is 0 Å². The molecule has 0 aliphatic rings. The molecule has 0 amide bonds. The molecule has 78 valence electrons. The topological polar surface area (TPSA) is 36.1 Å². The lowest BCUT2D eigenvalue weighted by atomic mass is 10.1. The summed E-state index contributed by atoms with van der Waals surface area (Å²) in [6, 6.07) is 12.2. The van der Waals surface area contributed by atoms with Crippen LogP contribution in [0.2, 0.25) is 0 Å². The van der Waals surface area contributed by atoms with Crippen LogP contribution in [-0.2, 0) is 0 Å². The normalized spacial score (nSPS) is 12.5. The molecule has 1 rings (SSSR count). The predicted octanol–water partition coefficient (Wildman–Crippen LogP) is 3.05. The number of aliphatic imine (C=N–C) groups is 1. The van der Waals surface area contributed by atoms with Gasteiger partial charge < -0.3 is 0 Å². The second-order valence-corrected chi connectivity index (χ2v) is 3.52. The largest absolute Gasteiger partial charge is 0.291 e. The number of nitriles is 1. The fraction of sp³-hybridized carbons (Fsp3) is 0.385. The smallest absolute Gasteiger partial charge is 0.0675 e. The first-order chi connectivity index (χ1) is 7.36. The summed E-state index contributed by atoms with van der Waals surface area (Å²) in [5.41, 5.74) is 1.09. The van der Waals surface area contributed by atoms with Crippen molar-refractivity contribution in [3.63, 3.8) is 0 Å². The van der Waals surface area contributed by atoms with Crippen molar-refractivity contribution in [1.29, 1.82) is 5.26 Å². The highest BCUT2D eigenvalue weighted by atomic mass is 14.7. The van der Waals surface area contributed by atoms with Gasteiger partial charge in [-0.1, -0.05) is 43.7 Å². The Morgan fingerprint density at radius 3 is 2.73 bits per heavy atom. The third-order valence-electron chi connectivity index (χ3n) is 2.19. The zero-order valence-corrected chi connectivity index (χ0v) is 9.06. The molecule has 1 atom stereocenters. The molecule has 0 N–H and O–H groups in total. The molecule has 0 saturated heterocycles. The first-order valence-electron chi connectivity index (χ1n) is 5.31. The maximum Gasteiger partial charge on any atom is 0.0675 e. The summed E-state index contributed by atoms with van der Waals surface area (Å²) >= 11 is 0. The average Bonchev–Trinajstić information content (AvgIpc) is 2.29. The third-order valence-corrected chi connectivity index (χ3v) is 2.19. The zero-order chi connectivity index (χ0) is 10.9. The molecule has 0 saturated carbocycles. The van der Waals surface area contributed by atoms with Crippen LogP contribution in [0.3, 0.4) is 0 Å². The summed E-state index contributed by atoms with van der Waals surface area (Å²) in [5.74, 6) is 0.0648. The average molecular weight is 200 g/mol. The van der Waals surface area contributed by atoms with Crippen LogP contribution in [0.1, 0.15) is 25.3 Å². The maximum absolute atomic E-state index is 8.83. The van der Waals surface area contributed by atoms with Crippen molar-refractivity contribution in [3.8, 4) is 6.07 Å². The molecule has 15 heavy (non-hydrogen) atoms. The number of hydrogen-bond donors (Lipinski definition) is 0. The van der Waals surface area contributed by atoms with Crippen molar-refractivity contribution in [2.45, 2.75) is 19.8 Å². The van der Waals surface area contributed by atoms with Crippen LogP contribution in [-0.4, -0.2) is 12.8 Å². The first kappa shape index (κ1) is 11.5. The number of hydrogen-bond acceptors (Lipinski definition) is 2. The Bertz CT molecular complexity index is 335. The Balaban J connectivity index is 2.43. The Morgan fingerprint density at radius 1 is 1.40 bits per heavy atom. The van der Waals surface area contributed by atoms with E-state index in [0.717, 1.165) is 18.4 Å². The molecular weight excluding hydrogens is 184 g/mol. The summed E-state index contributed by atoms with van der Waals surface area (Å²) in [6.07, 6.45) is 3.81. The Kier molecular flexibility index (Phi) is 5.18. The molecule has 2 nitrogen and oxygen atoms in total. The Morgan fingerprint density at radius 2 is 2.13 bits per heavy atom. The van der Waals surface area contributed by atoms with E-state index >= 15 is 0 Å². The minimum Gasteiger partial charge on any atom is -0.291 e. The molecular formula is C13H16N2. The fourth-order valence-corrected chi connectivity index (χ4v) is 1.37. The molecule has 0 radical (unpaired) electrons. The van der Waals surface area contributed by atoms with Crippen molar-refractivity contribution in [3.05, 3.63) is 35.9 Å². The summed E-state index contributed by atoms with van der Waals surface area (Å²) in [5, 5.41) is 8.83. The summed E-state index contributed by atoms with van der Waals surface area (Å²) < 4.78 is 0. The number of benzene rings is 1. The second-order valence-electron chi connectivity index (χ2n) is 3.52. The highest BCUT2D eigenvalue weighted by molar-refractivity contribution is 5.79. The standard InChI is InChI=1S/C13H16N2/c1-2-6-13(9-14)11-15-10-12-7-4-3-5-8-12/h3-5,7-8,10,13H,2,6,11H2,1H3/b15-10+. The molecule has 0 fully saturated rings. The van der Waals surface area contributed by atoms with Crippen LogP contribution in [0.5, 0.6) is 0 Å². The van der Waals surface area contributed by atoms with Crippen LogP contribution in [0.15, 0.2) is 35.3 Å². The van der Waals surface area contributed by atoms with Gasteiger partial charge >= 0.3 is 0 Å². The lowest BCUT2D eigenvalue weighted by Crippen LogP contribution is -2.01. The molecule has 0 heterocycles. The van der Waals surface area contributed by atoms with E-state index in [0.29, 0.717) is 6.54 Å². The van der Waals surface area contributed by atoms with E-state index in [4.69, 9.17) is 5.26 Å². The van der Waals surface area contributed by atoms with Gasteiger partial charge in [0, 0.05) is 6.21 Å².